The first-order valence-corrected chi connectivity index (χ1v) is 13.5. The predicted molar refractivity (Wildman–Crippen MR) is 153 cm³/mol. The average molecular weight is 551 g/mol. The lowest BCUT2D eigenvalue weighted by molar-refractivity contribution is -0.113. The Bertz CT molecular complexity index is 1570. The monoisotopic (exact) mass is 550 g/mol. The van der Waals surface area contributed by atoms with E-state index in [0.29, 0.717) is 29.5 Å². The van der Waals surface area contributed by atoms with Crippen LogP contribution in [-0.4, -0.2) is 51.9 Å². The van der Waals surface area contributed by atoms with Crippen LogP contribution in [0.3, 0.4) is 0 Å². The number of carbonyl (C=O) groups is 1. The van der Waals surface area contributed by atoms with Crippen LogP contribution in [0.25, 0.3) is 10.9 Å². The van der Waals surface area contributed by atoms with Gasteiger partial charge >= 0.3 is 5.69 Å². The van der Waals surface area contributed by atoms with E-state index < -0.39 is 11.2 Å². The summed E-state index contributed by atoms with van der Waals surface area (Å²) in [6, 6.07) is 18.6. The second-order valence-corrected chi connectivity index (χ2v) is 9.69. The van der Waals surface area contributed by atoms with Crippen molar-refractivity contribution in [3.8, 4) is 17.2 Å². The minimum Gasteiger partial charge on any atom is -0.506 e. The zero-order valence-electron chi connectivity index (χ0n) is 21.5. The molecule has 0 atom stereocenters. The molecule has 0 fully saturated rings. The van der Waals surface area contributed by atoms with Gasteiger partial charge in [-0.05, 0) is 42.0 Å². The second-order valence-electron chi connectivity index (χ2n) is 8.58. The molecule has 0 radical (unpaired) electrons. The van der Waals surface area contributed by atoms with E-state index >= 15 is 0 Å². The molecule has 0 bridgehead atoms. The lowest BCUT2D eigenvalue weighted by Gasteiger charge is -2.17. The first kappa shape index (κ1) is 27.8. The van der Waals surface area contributed by atoms with Crippen LogP contribution in [-0.2, 0) is 17.9 Å². The Morgan fingerprint density at radius 1 is 1.03 bits per heavy atom. The van der Waals surface area contributed by atoms with Crippen molar-refractivity contribution in [2.75, 3.05) is 37.1 Å². The fourth-order valence-corrected chi connectivity index (χ4v) is 4.67. The number of carbonyl (C=O) groups excluding carboxylic acids is 1. The summed E-state index contributed by atoms with van der Waals surface area (Å²) in [7, 11) is 1.56. The molecule has 0 unspecified atom stereocenters. The Balaban J connectivity index is 1.59. The maximum atomic E-state index is 13.5. The number of phenolic OH excluding ortho intramolecular Hbond substituents is 1. The molecule has 0 aliphatic carbocycles. The summed E-state index contributed by atoms with van der Waals surface area (Å²) >= 11 is 1.44. The number of anilines is 1. The number of ether oxygens (including phenoxy) is 2. The molecule has 0 aliphatic rings. The Hall–Kier alpha value is -4.22. The number of aromatic hydroxyl groups is 1. The quantitative estimate of drug-likeness (QED) is 0.229. The van der Waals surface area contributed by atoms with Crippen LogP contribution in [0.4, 0.5) is 5.69 Å². The van der Waals surface area contributed by atoms with Crippen molar-refractivity contribution in [3.63, 3.8) is 0 Å². The molecular weight excluding hydrogens is 520 g/mol. The van der Waals surface area contributed by atoms with E-state index in [1.807, 2.05) is 0 Å². The van der Waals surface area contributed by atoms with Gasteiger partial charge in [0.05, 0.1) is 37.0 Å². The molecule has 1 amide bonds. The Morgan fingerprint density at radius 3 is 2.54 bits per heavy atom. The highest BCUT2D eigenvalue weighted by atomic mass is 32.2. The number of amides is 1. The molecular formula is C28H30N4O6S. The number of thioether (sulfide) groups is 1. The number of para-hydroxylation sites is 3. The predicted octanol–water partition coefficient (Wildman–Crippen LogP) is 2.64. The van der Waals surface area contributed by atoms with E-state index in [2.05, 4.69) is 5.32 Å². The number of benzene rings is 3. The van der Waals surface area contributed by atoms with Crippen molar-refractivity contribution in [2.24, 2.45) is 5.73 Å². The first-order valence-electron chi connectivity index (χ1n) is 12.3. The maximum Gasteiger partial charge on any atom is 0.332 e. The highest BCUT2D eigenvalue weighted by molar-refractivity contribution is 7.99. The number of nitrogens with zero attached hydrogens (tertiary/aromatic N) is 2. The zero-order chi connectivity index (χ0) is 27.8. The van der Waals surface area contributed by atoms with Gasteiger partial charge in [-0.1, -0.05) is 30.3 Å². The fraction of sp³-hybridized carbons (Fsp3) is 0.250. The number of rotatable bonds is 12. The average Bonchev–Trinajstić information content (AvgIpc) is 2.94. The molecule has 0 spiro atoms. The van der Waals surface area contributed by atoms with Crippen LogP contribution >= 0.6 is 11.8 Å². The van der Waals surface area contributed by atoms with Gasteiger partial charge in [0.2, 0.25) is 5.91 Å². The molecule has 1 heterocycles. The van der Waals surface area contributed by atoms with E-state index in [0.717, 1.165) is 10.1 Å². The summed E-state index contributed by atoms with van der Waals surface area (Å²) in [5.41, 5.74) is 5.78. The fourth-order valence-electron chi connectivity index (χ4n) is 4.10. The van der Waals surface area contributed by atoms with Crippen molar-refractivity contribution in [3.05, 3.63) is 93.1 Å². The van der Waals surface area contributed by atoms with E-state index in [4.69, 9.17) is 15.2 Å². The van der Waals surface area contributed by atoms with Gasteiger partial charge < -0.3 is 25.6 Å². The molecule has 0 saturated heterocycles. The number of fused-ring (bicyclic) bond motifs is 1. The smallest absolute Gasteiger partial charge is 0.332 e. The summed E-state index contributed by atoms with van der Waals surface area (Å²) in [5, 5.41) is 13.6. The van der Waals surface area contributed by atoms with Gasteiger partial charge in [-0.2, -0.15) is 11.8 Å². The van der Waals surface area contributed by atoms with Crippen molar-refractivity contribution >= 4 is 34.3 Å². The number of nitrogens with two attached hydrogens (primary N) is 1. The van der Waals surface area contributed by atoms with Gasteiger partial charge in [0.1, 0.15) is 29.4 Å². The molecule has 11 heteroatoms. The van der Waals surface area contributed by atoms with Crippen LogP contribution in [0.5, 0.6) is 17.2 Å². The van der Waals surface area contributed by atoms with Crippen LogP contribution in [0.15, 0.2) is 76.3 Å². The normalized spacial score (nSPS) is 10.9. The van der Waals surface area contributed by atoms with Gasteiger partial charge in [0, 0.05) is 12.3 Å². The molecule has 39 heavy (non-hydrogen) atoms. The first-order chi connectivity index (χ1) is 18.9. The lowest BCUT2D eigenvalue weighted by Crippen LogP contribution is -2.41. The standard InChI is InChI=1S/C28H30N4O6S/c1-37-20-11-9-19(10-12-20)17-32-27(35)21-5-4-7-23(33)26(21)31(28(32)36)14-15-38-24-8-3-2-6-22(24)30-25(34)18-39-16-13-29/h2-12,33H,13-18,29H2,1H3,(H,30,34). The largest absolute Gasteiger partial charge is 0.506 e. The summed E-state index contributed by atoms with van der Waals surface area (Å²) < 4.78 is 13.6. The zero-order valence-corrected chi connectivity index (χ0v) is 22.3. The summed E-state index contributed by atoms with van der Waals surface area (Å²) in [6.07, 6.45) is 0. The third-order valence-electron chi connectivity index (χ3n) is 5.95. The van der Waals surface area contributed by atoms with Gasteiger partial charge in [-0.25, -0.2) is 4.79 Å². The highest BCUT2D eigenvalue weighted by Gasteiger charge is 2.17. The number of aromatic nitrogens is 2. The van der Waals surface area contributed by atoms with Crippen LogP contribution in [0.2, 0.25) is 0 Å². The summed E-state index contributed by atoms with van der Waals surface area (Å²) in [6.45, 7) is 0.628. The molecule has 0 saturated carbocycles. The number of nitrogens with one attached hydrogen (secondary N) is 1. The lowest BCUT2D eigenvalue weighted by atomic mass is 10.2. The Morgan fingerprint density at radius 2 is 1.79 bits per heavy atom. The van der Waals surface area contributed by atoms with Gasteiger partial charge in [-0.15, -0.1) is 0 Å². The molecule has 4 aromatic rings. The van der Waals surface area contributed by atoms with Gasteiger partial charge in [0.25, 0.3) is 5.56 Å². The third-order valence-corrected chi connectivity index (χ3v) is 6.94. The molecule has 4 rings (SSSR count). The second kappa shape index (κ2) is 13.0. The molecule has 4 N–H and O–H groups in total. The number of hydrogen-bond donors (Lipinski definition) is 3. The van der Waals surface area contributed by atoms with Crippen molar-refractivity contribution in [1.29, 1.82) is 0 Å². The van der Waals surface area contributed by atoms with Crippen LogP contribution < -0.4 is 31.8 Å². The Labute approximate surface area is 229 Å². The van der Waals surface area contributed by atoms with E-state index in [-0.39, 0.29) is 48.0 Å². The number of hydrogen-bond acceptors (Lipinski definition) is 8. The van der Waals surface area contributed by atoms with Crippen molar-refractivity contribution in [2.45, 2.75) is 13.1 Å². The van der Waals surface area contributed by atoms with E-state index in [9.17, 15) is 19.5 Å². The van der Waals surface area contributed by atoms with Gasteiger partial charge in [-0.3, -0.25) is 18.7 Å². The van der Waals surface area contributed by atoms with Crippen molar-refractivity contribution < 1.29 is 19.4 Å². The number of phenols is 1. The SMILES string of the molecule is COc1ccc(Cn2c(=O)c3cccc(O)c3n(CCOc3ccccc3NC(=O)CSCCN)c2=O)cc1. The van der Waals surface area contributed by atoms with E-state index in [1.54, 1.807) is 67.8 Å². The molecule has 204 valence electrons. The molecule has 0 aliphatic heterocycles. The number of methoxy groups -OCH3 is 1. The van der Waals surface area contributed by atoms with Gasteiger partial charge in [0.15, 0.2) is 0 Å². The third kappa shape index (κ3) is 6.62. The molecule has 10 nitrogen and oxygen atoms in total. The minimum atomic E-state index is -0.577. The molecule has 1 aromatic heterocycles. The van der Waals surface area contributed by atoms with Crippen molar-refractivity contribution in [1.82, 2.24) is 9.13 Å². The molecule has 3 aromatic carbocycles. The Kier molecular flexibility index (Phi) is 9.29. The summed E-state index contributed by atoms with van der Waals surface area (Å²) in [4.78, 5) is 39.1. The van der Waals surface area contributed by atoms with E-state index in [1.165, 1.54) is 22.4 Å². The summed E-state index contributed by atoms with van der Waals surface area (Å²) in [5.74, 6) is 1.68. The van der Waals surface area contributed by atoms with Crippen LogP contribution in [0.1, 0.15) is 5.56 Å². The topological polar surface area (TPSA) is 138 Å². The minimum absolute atomic E-state index is 0.0406. The van der Waals surface area contributed by atoms with Crippen LogP contribution in [0, 0.1) is 0 Å². The highest BCUT2D eigenvalue weighted by Crippen LogP contribution is 2.25. The maximum absolute atomic E-state index is 13.5.